The Labute approximate surface area is 417 Å². The van der Waals surface area contributed by atoms with Gasteiger partial charge in [-0.1, -0.05) is 0 Å². The van der Waals surface area contributed by atoms with Crippen molar-refractivity contribution in [2.24, 2.45) is 0 Å². The van der Waals surface area contributed by atoms with Crippen LogP contribution < -0.4 is 0 Å². The molecule has 1 atom stereocenters. The Morgan fingerprint density at radius 1 is 0.343 bits per heavy atom. The molecular formula is C6H21O29Si32. The molecule has 0 rings (SSSR count). The van der Waals surface area contributed by atoms with Crippen molar-refractivity contribution in [3.05, 3.63) is 0 Å². The summed E-state index contributed by atoms with van der Waals surface area (Å²) in [6.45, 7) is 8.81. The van der Waals surface area contributed by atoms with Crippen LogP contribution >= 0.6 is 0 Å². The SMILES string of the molecule is C[SiH]O[Si](C)(C)[Si](=O)[Si](=O)[Si](=O)[Si](=O)[Si](=O)[Si](=O)[Si](=O)[Si](=O)[Si](=O)[Si](=O)[Si](=O)[Si](=O)[Si](=O)[Si](=O)[Si](=O)[Si](=O)[Si](=O)[Si](=O)[Si](=O)[Si](=O)[Si](=O)[Si]O[SiH](C)[Si](=O)[Si](=O)[Si](=O)[Si](=O)[Si](=O)[Si]O[SiH](C)C. The summed E-state index contributed by atoms with van der Waals surface area (Å²) in [5, 5.41) is 0. The summed E-state index contributed by atoms with van der Waals surface area (Å²) in [5.41, 5.74) is 0. The number of hydrogen-bond acceptors (Lipinski definition) is 29. The predicted molar refractivity (Wildman–Crippen MR) is 245 cm³/mol. The van der Waals surface area contributed by atoms with Crippen LogP contribution in [-0.2, 0) is 128 Å². The van der Waals surface area contributed by atoms with Crippen molar-refractivity contribution in [2.45, 2.75) is 39.3 Å². The van der Waals surface area contributed by atoms with Gasteiger partial charge in [0, 0.05) is 0 Å². The van der Waals surface area contributed by atoms with Gasteiger partial charge in [0.15, 0.2) is 18.8 Å². The van der Waals surface area contributed by atoms with E-state index in [0.717, 1.165) is 6.55 Å². The van der Waals surface area contributed by atoms with E-state index in [2.05, 4.69) is 0 Å². The molecule has 0 aromatic carbocycles. The molecule has 0 fully saturated rings. The highest BCUT2D eigenvalue weighted by atomic mass is 30.1. The maximum atomic E-state index is 12.8. The summed E-state index contributed by atoms with van der Waals surface area (Å²) >= 11 is 0. The molecule has 1 unspecified atom stereocenters. The van der Waals surface area contributed by atoms with E-state index in [1.165, 1.54) is 13.1 Å². The summed E-state index contributed by atoms with van der Waals surface area (Å²) in [6, 6.07) is 0. The largest absolute Gasteiger partial charge is 0.456 e. The first kappa shape index (κ1) is 68.6. The van der Waals surface area contributed by atoms with Gasteiger partial charge in [-0.25, -0.2) is 0 Å². The highest BCUT2D eigenvalue weighted by molar-refractivity contribution is 7.83. The second kappa shape index (κ2) is 31.5. The average molecular weight is 1460 g/mol. The van der Waals surface area contributed by atoms with Crippen LogP contribution in [-0.4, -0.2) is 254 Å². The topological polar surface area (TPSA) is 472 Å². The smallest absolute Gasteiger partial charge is 0.381 e. The zero-order valence-corrected chi connectivity index (χ0v) is 66.5. The van der Waals surface area contributed by atoms with Crippen molar-refractivity contribution in [3.8, 4) is 0 Å². The highest BCUT2D eigenvalue weighted by Crippen LogP contribution is 2.04. The molecule has 0 amide bonds. The molecule has 5 radical (unpaired) electrons. The molecule has 0 spiro atoms. The Kier molecular flexibility index (Phi) is 32.3. The van der Waals surface area contributed by atoms with E-state index in [0.29, 0.717) is 0 Å². The van der Waals surface area contributed by atoms with E-state index in [1.54, 1.807) is 19.6 Å². The minimum absolute atomic E-state index is 0.717. The van der Waals surface area contributed by atoms with Crippen molar-refractivity contribution in [1.29, 1.82) is 0 Å². The molecular weight excluding hydrogens is 1430 g/mol. The standard InChI is InChI=1S/C6H21O29Si32/c1-36-35-67(5,6)66(32)65(31)64(30)63(29)62(28)61(27)60(26)59(25)58(24)57(23)56(22)55(21)54(20)53(19)52(18)51(17)50(16)49(15)48(14)45(11)42(8)38-34-40(4)43(9)46(12)47(13)44(10)41(7)37-33-39(2)3/h36,39-40H,1-6H3. The molecule has 0 N–H and O–H groups in total. The van der Waals surface area contributed by atoms with Crippen LogP contribution in [0.3, 0.4) is 0 Å². The second-order valence-electron chi connectivity index (χ2n) is 12.6. The van der Waals surface area contributed by atoms with Crippen molar-refractivity contribution < 1.29 is 128 Å². The summed E-state index contributed by atoms with van der Waals surface area (Å²) in [7, 11) is -119. The van der Waals surface area contributed by atoms with Crippen LogP contribution in [0.5, 0.6) is 0 Å². The first-order valence-corrected chi connectivity index (χ1v) is 93.2. The van der Waals surface area contributed by atoms with Crippen LogP contribution in [0.4, 0.5) is 0 Å². The van der Waals surface area contributed by atoms with Gasteiger partial charge >= 0.3 is 201 Å². The van der Waals surface area contributed by atoms with Gasteiger partial charge in [0.05, 0.1) is 0 Å². The lowest BCUT2D eigenvalue weighted by atomic mass is 11.9. The lowest BCUT2D eigenvalue weighted by molar-refractivity contribution is 0.532. The van der Waals surface area contributed by atoms with Gasteiger partial charge in [0.25, 0.3) is 18.6 Å². The Morgan fingerprint density at radius 3 is 0.821 bits per heavy atom. The van der Waals surface area contributed by atoms with Crippen LogP contribution in [0.1, 0.15) is 0 Å². The van der Waals surface area contributed by atoms with E-state index in [9.17, 15) is 116 Å². The van der Waals surface area contributed by atoms with Gasteiger partial charge in [-0.3, -0.25) is 0 Å². The predicted octanol–water partition coefficient (Wildman–Crippen LogP) is -12.8. The molecule has 0 aliphatic rings. The zero-order chi connectivity index (χ0) is 52.9. The van der Waals surface area contributed by atoms with Crippen molar-refractivity contribution in [2.75, 3.05) is 0 Å². The molecule has 0 saturated heterocycles. The Morgan fingerprint density at radius 2 is 0.567 bits per heavy atom. The molecule has 29 nitrogen and oxygen atoms in total. The maximum absolute atomic E-state index is 12.8. The van der Waals surface area contributed by atoms with Gasteiger partial charge in [0.1, 0.15) is 0 Å². The fourth-order valence-electron chi connectivity index (χ4n) is 3.54. The maximum Gasteiger partial charge on any atom is 0.381 e. The molecule has 0 saturated carbocycles. The molecule has 347 valence electrons. The van der Waals surface area contributed by atoms with Crippen LogP contribution in [0.2, 0.25) is 39.3 Å². The molecule has 0 aliphatic heterocycles. The molecule has 67 heavy (non-hydrogen) atoms. The van der Waals surface area contributed by atoms with E-state index in [1.807, 2.05) is 0 Å². The Bertz CT molecular complexity index is 2570. The number of rotatable bonds is 34. The number of hydrogen-bond donors (Lipinski definition) is 0. The summed E-state index contributed by atoms with van der Waals surface area (Å²) in [5.74, 6) is 0. The highest BCUT2D eigenvalue weighted by Gasteiger charge is 2.57. The molecule has 0 aliphatic carbocycles. The first-order chi connectivity index (χ1) is 30.6. The Hall–Kier alpha value is 1.62. The monoisotopic (exact) mass is 1450 g/mol. The van der Waals surface area contributed by atoms with Gasteiger partial charge in [-0.2, -0.15) is 0 Å². The van der Waals surface area contributed by atoms with Crippen molar-refractivity contribution in [3.63, 3.8) is 0 Å². The average Bonchev–Trinajstić information content (AvgIpc) is 3.30. The van der Waals surface area contributed by atoms with Gasteiger partial charge in [0.2, 0.25) is 16.4 Å². The fourth-order valence-corrected chi connectivity index (χ4v) is 326. The van der Waals surface area contributed by atoms with E-state index in [-0.39, 0.29) is 0 Å². The van der Waals surface area contributed by atoms with E-state index in [4.69, 9.17) is 12.3 Å². The Balaban J connectivity index is 5.68. The fraction of sp³-hybridized carbons (Fsp3) is 1.00. The van der Waals surface area contributed by atoms with E-state index >= 15 is 0 Å². The lowest BCUT2D eigenvalue weighted by Gasteiger charge is -2.17. The van der Waals surface area contributed by atoms with E-state index < -0.39 is 254 Å². The first-order valence-electron chi connectivity index (χ1n) is 17.0. The lowest BCUT2D eigenvalue weighted by Crippen LogP contribution is -2.58. The minimum Gasteiger partial charge on any atom is -0.456 e. The second-order valence-corrected chi connectivity index (χ2v) is 158. The van der Waals surface area contributed by atoms with Crippen molar-refractivity contribution in [1.82, 2.24) is 0 Å². The third-order valence-electron chi connectivity index (χ3n) is 7.01. The molecule has 0 aromatic heterocycles. The van der Waals surface area contributed by atoms with Crippen molar-refractivity contribution >= 4 is 254 Å². The van der Waals surface area contributed by atoms with Gasteiger partial charge in [-0.15, -0.1) is 0 Å². The summed E-state index contributed by atoms with van der Waals surface area (Å²) < 4.78 is 344. The van der Waals surface area contributed by atoms with Crippen LogP contribution in [0.25, 0.3) is 0 Å². The normalized spacial score (nSPS) is 11.0. The molecule has 0 aromatic rings. The third kappa shape index (κ3) is 19.7. The summed E-state index contributed by atoms with van der Waals surface area (Å²) in [6.07, 6.45) is 0. The van der Waals surface area contributed by atoms with Crippen LogP contribution in [0.15, 0.2) is 0 Å². The quantitative estimate of drug-likeness (QED) is 0.0540. The molecule has 0 bridgehead atoms. The third-order valence-corrected chi connectivity index (χ3v) is 231. The van der Waals surface area contributed by atoms with Gasteiger partial charge in [-0.05, 0) is 39.3 Å². The zero-order valence-electron chi connectivity index (χ0n) is 34.1. The minimum atomic E-state index is -4.59. The van der Waals surface area contributed by atoms with Crippen LogP contribution in [0, 0.1) is 0 Å². The summed E-state index contributed by atoms with van der Waals surface area (Å²) in [4.78, 5) is 0. The molecule has 0 heterocycles. The van der Waals surface area contributed by atoms with Gasteiger partial charge < -0.3 is 128 Å². The molecule has 61 heteroatoms.